The van der Waals surface area contributed by atoms with E-state index in [0.29, 0.717) is 23.3 Å². The molecule has 4 saturated carbocycles. The number of fused-ring (bicyclic) bond motifs is 1. The van der Waals surface area contributed by atoms with Crippen molar-refractivity contribution in [3.63, 3.8) is 0 Å². The van der Waals surface area contributed by atoms with Crippen LogP contribution < -0.4 is 10.9 Å². The molecule has 1 atom stereocenters. The van der Waals surface area contributed by atoms with Crippen LogP contribution >= 0.6 is 0 Å². The van der Waals surface area contributed by atoms with Gasteiger partial charge in [-0.25, -0.2) is 9.78 Å². The van der Waals surface area contributed by atoms with E-state index in [-0.39, 0.29) is 29.1 Å². The maximum absolute atomic E-state index is 14.1. The highest BCUT2D eigenvalue weighted by Gasteiger charge is 2.52. The molecule has 1 heterocycles. The standard InChI is InChI=1S/C32H40N4O2/c1-20(2)19-35(31(38)34-32-16-23-13-24(17-32)15-25(14-23)18-32)22(4)29-33-27-11-7-6-10-26(27)30(37)36(29)28-12-8-5-9-21(28)3/h5-12,20,22-25H,13-19H2,1-4H3,(H,34,38). The number of nitrogens with zero attached hydrogens (tertiary/aromatic N) is 3. The van der Waals surface area contributed by atoms with E-state index in [1.54, 1.807) is 4.57 Å². The first kappa shape index (κ1) is 25.1. The first-order valence-corrected chi connectivity index (χ1v) is 14.4. The van der Waals surface area contributed by atoms with Gasteiger partial charge in [0.15, 0.2) is 0 Å². The van der Waals surface area contributed by atoms with Crippen molar-refractivity contribution in [1.82, 2.24) is 19.8 Å². The van der Waals surface area contributed by atoms with E-state index in [9.17, 15) is 9.59 Å². The quantitative estimate of drug-likeness (QED) is 0.416. The zero-order valence-electron chi connectivity index (χ0n) is 23.1. The summed E-state index contributed by atoms with van der Waals surface area (Å²) in [6.07, 6.45) is 7.34. The summed E-state index contributed by atoms with van der Waals surface area (Å²) in [5.41, 5.74) is 2.29. The van der Waals surface area contributed by atoms with Gasteiger partial charge in [0.1, 0.15) is 5.82 Å². The second-order valence-electron chi connectivity index (χ2n) is 12.8. The molecule has 0 radical (unpaired) electrons. The maximum Gasteiger partial charge on any atom is 0.318 e. The molecule has 6 heteroatoms. The Morgan fingerprint density at radius 2 is 1.61 bits per heavy atom. The van der Waals surface area contributed by atoms with Gasteiger partial charge in [0.2, 0.25) is 0 Å². The highest BCUT2D eigenvalue weighted by atomic mass is 16.2. The molecule has 7 rings (SSSR count). The fourth-order valence-electron chi connectivity index (χ4n) is 7.99. The molecule has 3 aromatic rings. The van der Waals surface area contributed by atoms with Crippen molar-refractivity contribution in [2.75, 3.05) is 6.54 Å². The number of hydrogen-bond donors (Lipinski definition) is 1. The van der Waals surface area contributed by atoms with Crippen molar-refractivity contribution in [3.8, 4) is 5.69 Å². The summed E-state index contributed by atoms with van der Waals surface area (Å²) < 4.78 is 1.73. The van der Waals surface area contributed by atoms with Gasteiger partial charge < -0.3 is 10.2 Å². The first-order chi connectivity index (χ1) is 18.2. The minimum Gasteiger partial charge on any atom is -0.333 e. The Morgan fingerprint density at radius 3 is 2.24 bits per heavy atom. The average Bonchev–Trinajstić information content (AvgIpc) is 2.86. The van der Waals surface area contributed by atoms with Crippen molar-refractivity contribution in [1.29, 1.82) is 0 Å². The van der Waals surface area contributed by atoms with E-state index >= 15 is 0 Å². The Morgan fingerprint density at radius 1 is 1.00 bits per heavy atom. The van der Waals surface area contributed by atoms with Gasteiger partial charge in [-0.05, 0) is 99.8 Å². The van der Waals surface area contributed by atoms with Crippen molar-refractivity contribution < 1.29 is 4.79 Å². The molecular formula is C32H40N4O2. The summed E-state index contributed by atoms with van der Waals surface area (Å²) in [5.74, 6) is 3.14. The second kappa shape index (κ2) is 9.55. The lowest BCUT2D eigenvalue weighted by Crippen LogP contribution is -2.62. The Labute approximate surface area is 225 Å². The predicted molar refractivity (Wildman–Crippen MR) is 151 cm³/mol. The molecule has 4 aliphatic carbocycles. The third-order valence-electron chi connectivity index (χ3n) is 9.23. The molecular weight excluding hydrogens is 472 g/mol. The number of para-hydroxylation sites is 2. The minimum atomic E-state index is -0.386. The van der Waals surface area contributed by atoms with E-state index in [4.69, 9.17) is 4.98 Å². The SMILES string of the molecule is Cc1ccccc1-n1c(C(C)N(CC(C)C)C(=O)NC23CC4CC(CC(C4)C2)C3)nc2ccccc2c1=O. The Balaban J connectivity index is 1.41. The summed E-state index contributed by atoms with van der Waals surface area (Å²) >= 11 is 0. The van der Waals surface area contributed by atoms with Crippen LogP contribution in [0.1, 0.15) is 76.7 Å². The lowest BCUT2D eigenvalue weighted by molar-refractivity contribution is -0.0166. The Hall–Kier alpha value is -3.15. The minimum absolute atomic E-state index is 0.0214. The predicted octanol–water partition coefficient (Wildman–Crippen LogP) is 6.39. The Kier molecular flexibility index (Phi) is 6.32. The van der Waals surface area contributed by atoms with Crippen LogP contribution in [0.2, 0.25) is 0 Å². The van der Waals surface area contributed by atoms with Crippen LogP contribution in [0.15, 0.2) is 53.3 Å². The molecule has 0 saturated heterocycles. The monoisotopic (exact) mass is 512 g/mol. The topological polar surface area (TPSA) is 67.2 Å². The van der Waals surface area contributed by atoms with Gasteiger partial charge in [-0.1, -0.05) is 44.2 Å². The van der Waals surface area contributed by atoms with Gasteiger partial charge >= 0.3 is 6.03 Å². The number of amides is 2. The molecule has 1 unspecified atom stereocenters. The van der Waals surface area contributed by atoms with E-state index in [2.05, 4.69) is 19.2 Å². The summed E-state index contributed by atoms with van der Waals surface area (Å²) in [6.45, 7) is 8.90. The van der Waals surface area contributed by atoms with Crippen molar-refractivity contribution in [3.05, 3.63) is 70.3 Å². The first-order valence-electron chi connectivity index (χ1n) is 14.4. The van der Waals surface area contributed by atoms with E-state index in [0.717, 1.165) is 48.3 Å². The van der Waals surface area contributed by atoms with Gasteiger partial charge in [-0.3, -0.25) is 9.36 Å². The molecule has 4 aliphatic rings. The highest BCUT2D eigenvalue weighted by Crippen LogP contribution is 2.55. The fraction of sp³-hybridized carbons (Fsp3) is 0.531. The van der Waals surface area contributed by atoms with E-state index in [1.807, 2.05) is 67.3 Å². The van der Waals surface area contributed by atoms with Gasteiger partial charge in [-0.15, -0.1) is 0 Å². The normalized spacial score (nSPS) is 26.6. The van der Waals surface area contributed by atoms with E-state index < -0.39 is 0 Å². The average molecular weight is 513 g/mol. The number of urea groups is 1. The number of aromatic nitrogens is 2. The summed E-state index contributed by atoms with van der Waals surface area (Å²) in [4.78, 5) is 35.0. The van der Waals surface area contributed by atoms with Crippen molar-refractivity contribution in [2.45, 2.75) is 77.8 Å². The molecule has 4 bridgehead atoms. The number of aryl methyl sites for hydroxylation is 1. The molecule has 1 N–H and O–H groups in total. The summed E-state index contributed by atoms with van der Waals surface area (Å²) in [7, 11) is 0. The van der Waals surface area contributed by atoms with E-state index in [1.165, 1.54) is 19.3 Å². The van der Waals surface area contributed by atoms with Gasteiger partial charge in [0.25, 0.3) is 5.56 Å². The van der Waals surface area contributed by atoms with Crippen molar-refractivity contribution in [2.24, 2.45) is 23.7 Å². The number of rotatable bonds is 6. The second-order valence-corrected chi connectivity index (χ2v) is 12.8. The van der Waals surface area contributed by atoms with Gasteiger partial charge in [0.05, 0.1) is 22.6 Å². The van der Waals surface area contributed by atoms with Crippen LogP contribution in [0, 0.1) is 30.6 Å². The molecule has 2 amide bonds. The van der Waals surface area contributed by atoms with Crippen LogP contribution in [0.5, 0.6) is 0 Å². The van der Waals surface area contributed by atoms with Gasteiger partial charge in [0, 0.05) is 12.1 Å². The maximum atomic E-state index is 14.1. The van der Waals surface area contributed by atoms with Crippen LogP contribution in [-0.2, 0) is 0 Å². The summed E-state index contributed by atoms with van der Waals surface area (Å²) in [5, 5.41) is 4.16. The lowest BCUT2D eigenvalue weighted by Gasteiger charge is -2.57. The zero-order valence-corrected chi connectivity index (χ0v) is 23.1. The molecule has 0 spiro atoms. The Bertz CT molecular complexity index is 1390. The fourth-order valence-corrected chi connectivity index (χ4v) is 7.99. The molecule has 2 aromatic carbocycles. The van der Waals surface area contributed by atoms with Crippen LogP contribution in [0.25, 0.3) is 16.6 Å². The molecule has 4 fully saturated rings. The number of benzene rings is 2. The van der Waals surface area contributed by atoms with Crippen LogP contribution in [-0.4, -0.2) is 32.6 Å². The third kappa shape index (κ3) is 4.42. The molecule has 38 heavy (non-hydrogen) atoms. The lowest BCUT2D eigenvalue weighted by atomic mass is 9.53. The van der Waals surface area contributed by atoms with Crippen molar-refractivity contribution >= 4 is 16.9 Å². The third-order valence-corrected chi connectivity index (χ3v) is 9.23. The molecule has 0 aliphatic heterocycles. The molecule has 200 valence electrons. The number of carbonyl (C=O) groups excluding carboxylic acids is 1. The van der Waals surface area contributed by atoms with Crippen LogP contribution in [0.4, 0.5) is 4.79 Å². The largest absolute Gasteiger partial charge is 0.333 e. The summed E-state index contributed by atoms with van der Waals surface area (Å²) in [6, 6.07) is 15.0. The molecule has 1 aromatic heterocycles. The number of hydrogen-bond acceptors (Lipinski definition) is 3. The zero-order chi connectivity index (χ0) is 26.6. The number of carbonyl (C=O) groups is 1. The number of nitrogens with one attached hydrogen (secondary N) is 1. The van der Waals surface area contributed by atoms with Crippen LogP contribution in [0.3, 0.4) is 0 Å². The molecule has 6 nitrogen and oxygen atoms in total. The smallest absolute Gasteiger partial charge is 0.318 e. The highest BCUT2D eigenvalue weighted by molar-refractivity contribution is 5.79. The van der Waals surface area contributed by atoms with Gasteiger partial charge in [-0.2, -0.15) is 0 Å².